The Kier molecular flexibility index (Phi) is 2.70. The van der Waals surface area contributed by atoms with Gasteiger partial charge in [-0.15, -0.1) is 0 Å². The number of carbonyl (C=O) groups is 1. The molecule has 0 saturated carbocycles. The Labute approximate surface area is 77.4 Å². The fourth-order valence-corrected chi connectivity index (χ4v) is 1.35. The highest BCUT2D eigenvalue weighted by Crippen LogP contribution is 2.17. The number of nitrogens with zero attached hydrogens (tertiary/aromatic N) is 1. The number of amides is 1. The Bertz CT molecular complexity index is 265. The lowest BCUT2D eigenvalue weighted by atomic mass is 10.0. The first-order chi connectivity index (χ1) is 6.06. The zero-order chi connectivity index (χ0) is 10.0. The van der Waals surface area contributed by atoms with Crippen LogP contribution in [0.1, 0.15) is 13.8 Å². The van der Waals surface area contributed by atoms with Gasteiger partial charge in [-0.3, -0.25) is 4.79 Å². The van der Waals surface area contributed by atoms with E-state index in [9.17, 15) is 4.79 Å². The van der Waals surface area contributed by atoms with Crippen molar-refractivity contribution in [2.24, 2.45) is 5.92 Å². The number of hydrogen-bond donors (Lipinski definition) is 2. The number of carbonyl (C=O) groups excluding carboxylic acids is 1. The molecule has 1 saturated heterocycles. The van der Waals surface area contributed by atoms with Crippen LogP contribution < -0.4 is 0 Å². The number of aliphatic hydroxyl groups is 1. The van der Waals surface area contributed by atoms with E-state index in [2.05, 4.69) is 6.92 Å². The first kappa shape index (κ1) is 9.77. The Morgan fingerprint density at radius 3 is 2.46 bits per heavy atom. The summed E-state index contributed by atoms with van der Waals surface area (Å²) >= 11 is 0. The lowest BCUT2D eigenvalue weighted by Gasteiger charge is -2.37. The van der Waals surface area contributed by atoms with Crippen molar-refractivity contribution in [3.05, 3.63) is 11.8 Å². The van der Waals surface area contributed by atoms with Gasteiger partial charge in [-0.2, -0.15) is 0 Å². The van der Waals surface area contributed by atoms with E-state index in [4.69, 9.17) is 10.5 Å². The first-order valence-corrected chi connectivity index (χ1v) is 4.25. The van der Waals surface area contributed by atoms with Crippen molar-refractivity contribution in [1.29, 1.82) is 5.41 Å². The highest BCUT2D eigenvalue weighted by atomic mass is 16.2. The van der Waals surface area contributed by atoms with Gasteiger partial charge in [-0.05, 0) is 12.8 Å². The summed E-state index contributed by atoms with van der Waals surface area (Å²) in [6.45, 7) is 5.00. The highest BCUT2D eigenvalue weighted by Gasteiger charge is 2.29. The second kappa shape index (κ2) is 3.60. The molecule has 0 radical (unpaired) electrons. The van der Waals surface area contributed by atoms with Crippen LogP contribution in [0.3, 0.4) is 0 Å². The molecule has 0 aromatic heterocycles. The fourth-order valence-electron chi connectivity index (χ4n) is 1.35. The second-order valence-corrected chi connectivity index (χ2v) is 3.48. The van der Waals surface area contributed by atoms with Crippen molar-refractivity contribution in [1.82, 2.24) is 4.90 Å². The Balaban J connectivity index is 2.62. The number of rotatable bonds is 2. The summed E-state index contributed by atoms with van der Waals surface area (Å²) in [5.74, 6) is 0.294. The third kappa shape index (κ3) is 1.88. The summed E-state index contributed by atoms with van der Waals surface area (Å²) in [6.07, 6.45) is 0.716. The summed E-state index contributed by atoms with van der Waals surface area (Å²) in [4.78, 5) is 13.1. The Morgan fingerprint density at radius 1 is 1.62 bits per heavy atom. The molecule has 0 unspecified atom stereocenters. The fraction of sp³-hybridized carbons (Fsp3) is 0.556. The second-order valence-electron chi connectivity index (χ2n) is 3.48. The van der Waals surface area contributed by atoms with Crippen molar-refractivity contribution in [3.8, 4) is 0 Å². The average molecular weight is 182 g/mol. The minimum absolute atomic E-state index is 0.0897. The van der Waals surface area contributed by atoms with Crippen LogP contribution in [0.15, 0.2) is 11.8 Å². The molecule has 4 heteroatoms. The molecule has 1 fully saturated rings. The predicted octanol–water partition coefficient (Wildman–Crippen LogP) is 0.946. The SMILES string of the molecule is CC(=N)/C(=C\O)C(=O)N1CC(C)C1. The zero-order valence-corrected chi connectivity index (χ0v) is 7.87. The smallest absolute Gasteiger partial charge is 0.258 e. The molecule has 1 rings (SSSR count). The molecule has 2 N–H and O–H groups in total. The van der Waals surface area contributed by atoms with E-state index in [0.29, 0.717) is 12.2 Å². The molecule has 1 heterocycles. The molecule has 4 nitrogen and oxygen atoms in total. The molecule has 0 spiro atoms. The van der Waals surface area contributed by atoms with Gasteiger partial charge in [0.1, 0.15) is 0 Å². The molecular weight excluding hydrogens is 168 g/mol. The van der Waals surface area contributed by atoms with Crippen LogP contribution in [0.4, 0.5) is 0 Å². The van der Waals surface area contributed by atoms with Gasteiger partial charge >= 0.3 is 0 Å². The van der Waals surface area contributed by atoms with Gasteiger partial charge in [0.05, 0.1) is 11.8 Å². The van der Waals surface area contributed by atoms with Gasteiger partial charge in [-0.1, -0.05) is 6.92 Å². The third-order valence-corrected chi connectivity index (χ3v) is 2.11. The summed E-state index contributed by atoms with van der Waals surface area (Å²) in [5.41, 5.74) is 0.193. The van der Waals surface area contributed by atoms with Crippen LogP contribution in [0.25, 0.3) is 0 Å². The molecule has 13 heavy (non-hydrogen) atoms. The van der Waals surface area contributed by atoms with E-state index in [1.165, 1.54) is 6.92 Å². The predicted molar refractivity (Wildman–Crippen MR) is 49.9 cm³/mol. The minimum atomic E-state index is -0.242. The van der Waals surface area contributed by atoms with E-state index in [-0.39, 0.29) is 17.2 Å². The van der Waals surface area contributed by atoms with Gasteiger partial charge in [0.2, 0.25) is 0 Å². The average Bonchev–Trinajstić information content (AvgIpc) is 1.99. The van der Waals surface area contributed by atoms with Crippen molar-refractivity contribution in [3.63, 3.8) is 0 Å². The minimum Gasteiger partial charge on any atom is -0.515 e. The van der Waals surface area contributed by atoms with Gasteiger partial charge in [0, 0.05) is 18.8 Å². The highest BCUT2D eigenvalue weighted by molar-refractivity contribution is 6.19. The van der Waals surface area contributed by atoms with Crippen LogP contribution in [0.2, 0.25) is 0 Å². The zero-order valence-electron chi connectivity index (χ0n) is 7.87. The van der Waals surface area contributed by atoms with Crippen molar-refractivity contribution < 1.29 is 9.90 Å². The van der Waals surface area contributed by atoms with Crippen molar-refractivity contribution >= 4 is 11.6 Å². The Hall–Kier alpha value is -1.32. The first-order valence-electron chi connectivity index (χ1n) is 4.25. The van der Waals surface area contributed by atoms with Crippen LogP contribution in [-0.4, -0.2) is 34.7 Å². The summed E-state index contributed by atoms with van der Waals surface area (Å²) in [5, 5.41) is 16.0. The standard InChI is InChI=1S/C9H14N2O2/c1-6-3-11(4-6)9(13)8(5-12)7(2)10/h5-6,10,12H,3-4H2,1-2H3/b8-5+,10-7?. The molecule has 0 aromatic rings. The van der Waals surface area contributed by atoms with Gasteiger partial charge in [0.25, 0.3) is 5.91 Å². The molecule has 0 aromatic carbocycles. The summed E-state index contributed by atoms with van der Waals surface area (Å²) < 4.78 is 0. The molecule has 1 amide bonds. The molecular formula is C9H14N2O2. The molecule has 0 aliphatic carbocycles. The molecule has 0 bridgehead atoms. The molecule has 1 aliphatic heterocycles. The number of likely N-dealkylation sites (tertiary alicyclic amines) is 1. The maximum atomic E-state index is 11.5. The van der Waals surface area contributed by atoms with Gasteiger partial charge < -0.3 is 15.4 Å². The molecule has 0 atom stereocenters. The van der Waals surface area contributed by atoms with E-state index in [1.807, 2.05) is 0 Å². The quantitative estimate of drug-likeness (QED) is 0.379. The van der Waals surface area contributed by atoms with E-state index in [0.717, 1.165) is 13.1 Å². The monoisotopic (exact) mass is 182 g/mol. The molecule has 72 valence electrons. The lowest BCUT2D eigenvalue weighted by Crippen LogP contribution is -2.49. The third-order valence-electron chi connectivity index (χ3n) is 2.11. The van der Waals surface area contributed by atoms with E-state index < -0.39 is 0 Å². The van der Waals surface area contributed by atoms with Crippen LogP contribution >= 0.6 is 0 Å². The number of aliphatic hydroxyl groups excluding tert-OH is 1. The van der Waals surface area contributed by atoms with Gasteiger partial charge in [-0.25, -0.2) is 0 Å². The summed E-state index contributed by atoms with van der Waals surface area (Å²) in [6, 6.07) is 0. The van der Waals surface area contributed by atoms with Crippen LogP contribution in [0, 0.1) is 11.3 Å². The Morgan fingerprint density at radius 2 is 2.15 bits per heavy atom. The van der Waals surface area contributed by atoms with Crippen molar-refractivity contribution in [2.45, 2.75) is 13.8 Å². The van der Waals surface area contributed by atoms with E-state index >= 15 is 0 Å². The maximum absolute atomic E-state index is 11.5. The van der Waals surface area contributed by atoms with Crippen LogP contribution in [-0.2, 0) is 4.79 Å². The van der Waals surface area contributed by atoms with Gasteiger partial charge in [0.15, 0.2) is 0 Å². The lowest BCUT2D eigenvalue weighted by molar-refractivity contribution is -0.132. The van der Waals surface area contributed by atoms with E-state index in [1.54, 1.807) is 4.90 Å². The summed E-state index contributed by atoms with van der Waals surface area (Å²) in [7, 11) is 0. The largest absolute Gasteiger partial charge is 0.515 e. The topological polar surface area (TPSA) is 64.4 Å². The number of hydrogen-bond acceptors (Lipinski definition) is 3. The maximum Gasteiger partial charge on any atom is 0.258 e. The van der Waals surface area contributed by atoms with Crippen LogP contribution in [0.5, 0.6) is 0 Å². The normalized spacial score (nSPS) is 18.3. The number of nitrogens with one attached hydrogen (secondary N) is 1. The van der Waals surface area contributed by atoms with Crippen molar-refractivity contribution in [2.75, 3.05) is 13.1 Å². The molecule has 1 aliphatic rings.